The minimum Gasteiger partial charge on any atom is -0.508 e. The fourth-order valence-electron chi connectivity index (χ4n) is 3.29. The number of carbonyl (C=O) groups excluding carboxylic acids is 1. The van der Waals surface area contributed by atoms with Crippen LogP contribution in [0.15, 0.2) is 42.5 Å². The van der Waals surface area contributed by atoms with Crippen LogP contribution >= 0.6 is 0 Å². The van der Waals surface area contributed by atoms with Crippen LogP contribution < -0.4 is 5.32 Å². The van der Waals surface area contributed by atoms with Crippen LogP contribution in [-0.4, -0.2) is 16.0 Å². The van der Waals surface area contributed by atoms with Gasteiger partial charge >= 0.3 is 0 Å². The zero-order valence-corrected chi connectivity index (χ0v) is 12.2. The minimum atomic E-state index is -0.103. The summed E-state index contributed by atoms with van der Waals surface area (Å²) in [5.74, 6) is 0.0946. The van der Waals surface area contributed by atoms with E-state index in [-0.39, 0.29) is 17.7 Å². The molecule has 4 nitrogen and oxygen atoms in total. The zero-order valence-electron chi connectivity index (χ0n) is 12.2. The molecule has 0 aliphatic carbocycles. The Bertz CT molecular complexity index is 895. The van der Waals surface area contributed by atoms with E-state index < -0.39 is 0 Å². The molecule has 0 bridgehead atoms. The van der Waals surface area contributed by atoms with Gasteiger partial charge in [-0.25, -0.2) is 0 Å². The lowest BCUT2D eigenvalue weighted by Gasteiger charge is -2.16. The summed E-state index contributed by atoms with van der Waals surface area (Å²) in [6, 6.07) is 13.2. The highest BCUT2D eigenvalue weighted by molar-refractivity contribution is 6.11. The standard InChI is InChI=1S/C18H16N2O2/c1-2-14-11-5-3-4-6-12(11)16-13-9-10(21)7-8-15(13)19-17(16)18(22)20-14/h3-9,14,19,21H,2H2,1H3,(H,20,22). The smallest absolute Gasteiger partial charge is 0.268 e. The van der Waals surface area contributed by atoms with E-state index in [2.05, 4.69) is 23.3 Å². The predicted octanol–water partition coefficient (Wildman–Crippen LogP) is 3.74. The van der Waals surface area contributed by atoms with Crippen molar-refractivity contribution in [3.05, 3.63) is 53.7 Å². The minimum absolute atomic E-state index is 0.00291. The van der Waals surface area contributed by atoms with Gasteiger partial charge in [0.1, 0.15) is 11.4 Å². The number of phenolic OH excluding ortho intramolecular Hbond substituents is 1. The van der Waals surface area contributed by atoms with Crippen LogP contribution in [0.4, 0.5) is 0 Å². The summed E-state index contributed by atoms with van der Waals surface area (Å²) in [6.07, 6.45) is 0.830. The molecule has 3 aromatic rings. The van der Waals surface area contributed by atoms with Crippen molar-refractivity contribution in [3.8, 4) is 16.9 Å². The number of nitrogens with one attached hydrogen (secondary N) is 2. The molecule has 1 aliphatic rings. The average Bonchev–Trinajstić information content (AvgIpc) is 2.85. The molecule has 4 rings (SSSR count). The number of carbonyl (C=O) groups is 1. The van der Waals surface area contributed by atoms with Crippen LogP contribution in [0, 0.1) is 0 Å². The fourth-order valence-corrected chi connectivity index (χ4v) is 3.29. The Labute approximate surface area is 127 Å². The molecule has 2 heterocycles. The summed E-state index contributed by atoms with van der Waals surface area (Å²) in [5, 5.41) is 13.8. The van der Waals surface area contributed by atoms with Gasteiger partial charge < -0.3 is 15.4 Å². The van der Waals surface area contributed by atoms with Crippen LogP contribution in [0.1, 0.15) is 35.4 Å². The van der Waals surface area contributed by atoms with Crippen molar-refractivity contribution >= 4 is 16.8 Å². The first-order valence-electron chi connectivity index (χ1n) is 7.44. The lowest BCUT2D eigenvalue weighted by Crippen LogP contribution is -2.27. The molecule has 0 saturated carbocycles. The summed E-state index contributed by atoms with van der Waals surface area (Å²) in [4.78, 5) is 15.8. The van der Waals surface area contributed by atoms with Crippen molar-refractivity contribution < 1.29 is 9.90 Å². The predicted molar refractivity (Wildman–Crippen MR) is 85.9 cm³/mol. The molecule has 0 radical (unpaired) electrons. The molecule has 1 atom stereocenters. The highest BCUT2D eigenvalue weighted by Crippen LogP contribution is 2.40. The SMILES string of the molecule is CCC1NC(=O)c2[nH]c3ccc(O)cc3c2-c2ccccc21. The molecule has 0 fully saturated rings. The number of aromatic amines is 1. The van der Waals surface area contributed by atoms with E-state index in [0.717, 1.165) is 34.0 Å². The lowest BCUT2D eigenvalue weighted by molar-refractivity contribution is 0.0933. The van der Waals surface area contributed by atoms with Gasteiger partial charge in [0.05, 0.1) is 6.04 Å². The Morgan fingerprint density at radius 2 is 2.00 bits per heavy atom. The van der Waals surface area contributed by atoms with Crippen LogP contribution in [0.5, 0.6) is 5.75 Å². The van der Waals surface area contributed by atoms with E-state index in [4.69, 9.17) is 0 Å². The molecule has 3 N–H and O–H groups in total. The lowest BCUT2D eigenvalue weighted by atomic mass is 9.93. The maximum atomic E-state index is 12.6. The molecular formula is C18H16N2O2. The third-order valence-corrected chi connectivity index (χ3v) is 4.33. The second kappa shape index (κ2) is 4.63. The fraction of sp³-hybridized carbons (Fsp3) is 0.167. The summed E-state index contributed by atoms with van der Waals surface area (Å²) in [6.45, 7) is 2.06. The second-order valence-electron chi connectivity index (χ2n) is 5.63. The van der Waals surface area contributed by atoms with E-state index in [0.29, 0.717) is 5.69 Å². The normalized spacial score (nSPS) is 16.8. The van der Waals surface area contributed by atoms with E-state index in [1.54, 1.807) is 18.2 Å². The first-order chi connectivity index (χ1) is 10.7. The zero-order chi connectivity index (χ0) is 15.3. The Kier molecular flexibility index (Phi) is 2.73. The highest BCUT2D eigenvalue weighted by atomic mass is 16.3. The number of rotatable bonds is 1. The molecule has 1 aromatic heterocycles. The van der Waals surface area contributed by atoms with Gasteiger partial charge in [-0.2, -0.15) is 0 Å². The number of phenols is 1. The van der Waals surface area contributed by atoms with Crippen molar-refractivity contribution in [2.45, 2.75) is 19.4 Å². The first kappa shape index (κ1) is 13.0. The Morgan fingerprint density at radius 3 is 2.82 bits per heavy atom. The number of aromatic hydroxyl groups is 1. The molecule has 4 heteroatoms. The molecule has 0 spiro atoms. The third kappa shape index (κ3) is 1.73. The quantitative estimate of drug-likeness (QED) is 0.639. The van der Waals surface area contributed by atoms with E-state index >= 15 is 0 Å². The van der Waals surface area contributed by atoms with Gasteiger partial charge in [-0.15, -0.1) is 0 Å². The highest BCUT2D eigenvalue weighted by Gasteiger charge is 2.28. The van der Waals surface area contributed by atoms with Gasteiger partial charge in [-0.1, -0.05) is 31.2 Å². The second-order valence-corrected chi connectivity index (χ2v) is 5.63. The monoisotopic (exact) mass is 292 g/mol. The molecule has 0 saturated heterocycles. The number of hydrogen-bond acceptors (Lipinski definition) is 2. The summed E-state index contributed by atoms with van der Waals surface area (Å²) in [7, 11) is 0. The van der Waals surface area contributed by atoms with Crippen molar-refractivity contribution in [1.29, 1.82) is 0 Å². The number of amides is 1. The molecule has 110 valence electrons. The van der Waals surface area contributed by atoms with Crippen LogP contribution in [-0.2, 0) is 0 Å². The maximum Gasteiger partial charge on any atom is 0.268 e. The molecule has 22 heavy (non-hydrogen) atoms. The van der Waals surface area contributed by atoms with Gasteiger partial charge in [0, 0.05) is 16.5 Å². The number of H-pyrrole nitrogens is 1. The Hall–Kier alpha value is -2.75. The topological polar surface area (TPSA) is 65.1 Å². The van der Waals surface area contributed by atoms with Gasteiger partial charge in [0.15, 0.2) is 0 Å². The average molecular weight is 292 g/mol. The van der Waals surface area contributed by atoms with E-state index in [1.165, 1.54) is 0 Å². The van der Waals surface area contributed by atoms with Crippen molar-refractivity contribution in [1.82, 2.24) is 10.3 Å². The summed E-state index contributed by atoms with van der Waals surface area (Å²) in [5.41, 5.74) is 4.43. The largest absolute Gasteiger partial charge is 0.508 e. The van der Waals surface area contributed by atoms with Crippen molar-refractivity contribution in [3.63, 3.8) is 0 Å². The van der Waals surface area contributed by atoms with Gasteiger partial charge in [0.25, 0.3) is 5.91 Å². The molecular weight excluding hydrogens is 276 g/mol. The summed E-state index contributed by atoms with van der Waals surface area (Å²) < 4.78 is 0. The third-order valence-electron chi connectivity index (χ3n) is 4.33. The molecule has 1 unspecified atom stereocenters. The van der Waals surface area contributed by atoms with Crippen LogP contribution in [0.2, 0.25) is 0 Å². The van der Waals surface area contributed by atoms with Crippen molar-refractivity contribution in [2.75, 3.05) is 0 Å². The van der Waals surface area contributed by atoms with Gasteiger partial charge in [-0.05, 0) is 35.7 Å². The maximum absolute atomic E-state index is 12.6. The number of aromatic nitrogens is 1. The first-order valence-corrected chi connectivity index (χ1v) is 7.44. The number of hydrogen-bond donors (Lipinski definition) is 3. The van der Waals surface area contributed by atoms with Crippen molar-refractivity contribution in [2.24, 2.45) is 0 Å². The van der Waals surface area contributed by atoms with Crippen LogP contribution in [0.3, 0.4) is 0 Å². The van der Waals surface area contributed by atoms with Gasteiger partial charge in [0.2, 0.25) is 0 Å². The number of fused-ring (bicyclic) bond motifs is 5. The molecule has 1 aliphatic heterocycles. The molecule has 2 aromatic carbocycles. The van der Waals surface area contributed by atoms with E-state index in [9.17, 15) is 9.90 Å². The van der Waals surface area contributed by atoms with Gasteiger partial charge in [-0.3, -0.25) is 4.79 Å². The Balaban J connectivity index is 2.12. The number of benzene rings is 2. The van der Waals surface area contributed by atoms with Crippen LogP contribution in [0.25, 0.3) is 22.0 Å². The Morgan fingerprint density at radius 1 is 1.18 bits per heavy atom. The van der Waals surface area contributed by atoms with E-state index in [1.807, 2.05) is 18.2 Å². The molecule has 1 amide bonds. The summed E-state index contributed by atoms with van der Waals surface area (Å²) >= 11 is 0.